The van der Waals surface area contributed by atoms with Gasteiger partial charge in [-0.05, 0) is 41.5 Å². The number of hydrogen-bond acceptors (Lipinski definition) is 5. The summed E-state index contributed by atoms with van der Waals surface area (Å²) in [5, 5.41) is 9.21. The number of carbonyl (C=O) groups excluding carboxylic acids is 1. The van der Waals surface area contributed by atoms with E-state index in [2.05, 4.69) is 34.7 Å². The van der Waals surface area contributed by atoms with Crippen molar-refractivity contribution in [2.24, 2.45) is 4.99 Å². The SMILES string of the molecule is CCNC(=NCC(C)(C)N1CCOCC1)NCCNC(=O)OC(C)(C)C. The van der Waals surface area contributed by atoms with Gasteiger partial charge in [0, 0.05) is 38.3 Å². The van der Waals surface area contributed by atoms with Crippen LogP contribution in [0, 0.1) is 0 Å². The molecule has 1 aliphatic heterocycles. The molecular formula is C18H37N5O3. The average molecular weight is 372 g/mol. The number of nitrogens with zero attached hydrogens (tertiary/aromatic N) is 2. The van der Waals surface area contributed by atoms with Crippen molar-refractivity contribution in [2.75, 3.05) is 52.5 Å². The predicted molar refractivity (Wildman–Crippen MR) is 105 cm³/mol. The molecule has 26 heavy (non-hydrogen) atoms. The van der Waals surface area contributed by atoms with Gasteiger partial charge in [-0.3, -0.25) is 9.89 Å². The Morgan fingerprint density at radius 1 is 1.08 bits per heavy atom. The second-order valence-corrected chi connectivity index (χ2v) is 7.96. The number of hydrogen-bond donors (Lipinski definition) is 3. The van der Waals surface area contributed by atoms with E-state index < -0.39 is 11.7 Å². The zero-order valence-electron chi connectivity index (χ0n) is 17.3. The van der Waals surface area contributed by atoms with Gasteiger partial charge in [0.2, 0.25) is 0 Å². The van der Waals surface area contributed by atoms with Gasteiger partial charge in [0.15, 0.2) is 5.96 Å². The summed E-state index contributed by atoms with van der Waals surface area (Å²) >= 11 is 0. The summed E-state index contributed by atoms with van der Waals surface area (Å²) in [7, 11) is 0. The molecule has 0 saturated carbocycles. The predicted octanol–water partition coefficient (Wildman–Crippen LogP) is 1.18. The van der Waals surface area contributed by atoms with E-state index in [1.807, 2.05) is 27.7 Å². The molecule has 8 heteroatoms. The van der Waals surface area contributed by atoms with Gasteiger partial charge in [0.1, 0.15) is 5.60 Å². The van der Waals surface area contributed by atoms with Crippen molar-refractivity contribution in [3.8, 4) is 0 Å². The Kier molecular flexibility index (Phi) is 9.15. The summed E-state index contributed by atoms with van der Waals surface area (Å²) in [6.07, 6.45) is -0.408. The molecule has 0 aromatic heterocycles. The van der Waals surface area contributed by atoms with Crippen LogP contribution >= 0.6 is 0 Å². The number of aliphatic imine (C=N–C) groups is 1. The molecule has 152 valence electrons. The van der Waals surface area contributed by atoms with Gasteiger partial charge < -0.3 is 25.4 Å². The number of nitrogens with one attached hydrogen (secondary N) is 3. The molecule has 0 atom stereocenters. The molecule has 0 radical (unpaired) electrons. The molecular weight excluding hydrogens is 334 g/mol. The van der Waals surface area contributed by atoms with Crippen LogP contribution < -0.4 is 16.0 Å². The fourth-order valence-electron chi connectivity index (χ4n) is 2.54. The summed E-state index contributed by atoms with van der Waals surface area (Å²) < 4.78 is 10.6. The summed E-state index contributed by atoms with van der Waals surface area (Å²) in [4.78, 5) is 18.8. The average Bonchev–Trinajstić information content (AvgIpc) is 2.55. The monoisotopic (exact) mass is 371 g/mol. The zero-order chi connectivity index (χ0) is 19.6. The number of guanidine groups is 1. The maximum atomic E-state index is 11.6. The normalized spacial score (nSPS) is 16.9. The third-order valence-corrected chi connectivity index (χ3v) is 3.92. The lowest BCUT2D eigenvalue weighted by Gasteiger charge is -2.39. The molecule has 0 aliphatic carbocycles. The van der Waals surface area contributed by atoms with Crippen LogP contribution in [0.1, 0.15) is 41.5 Å². The Balaban J connectivity index is 2.41. The standard InChI is InChI=1S/C18H37N5O3/c1-7-19-15(20-8-9-21-16(24)26-17(2,3)4)22-14-18(5,6)23-10-12-25-13-11-23/h7-14H2,1-6H3,(H,21,24)(H2,19,20,22). The van der Waals surface area contributed by atoms with E-state index >= 15 is 0 Å². The van der Waals surface area contributed by atoms with Crippen LogP contribution in [0.5, 0.6) is 0 Å². The smallest absolute Gasteiger partial charge is 0.407 e. The van der Waals surface area contributed by atoms with Crippen LogP contribution in [-0.4, -0.2) is 80.6 Å². The Hall–Kier alpha value is -1.54. The van der Waals surface area contributed by atoms with E-state index in [0.29, 0.717) is 19.6 Å². The summed E-state index contributed by atoms with van der Waals surface area (Å²) in [6, 6.07) is 0. The number of amides is 1. The molecule has 0 bridgehead atoms. The summed E-state index contributed by atoms with van der Waals surface area (Å²) in [6.45, 7) is 17.9. The second kappa shape index (κ2) is 10.6. The summed E-state index contributed by atoms with van der Waals surface area (Å²) in [5.41, 5.74) is -0.514. The number of rotatable bonds is 7. The van der Waals surface area contributed by atoms with Crippen molar-refractivity contribution in [3.63, 3.8) is 0 Å². The molecule has 3 N–H and O–H groups in total. The minimum absolute atomic E-state index is 0.0269. The molecule has 1 rings (SSSR count). The third kappa shape index (κ3) is 9.24. The van der Waals surface area contributed by atoms with Crippen LogP contribution in [0.4, 0.5) is 4.79 Å². The molecule has 1 heterocycles. The molecule has 8 nitrogen and oxygen atoms in total. The quantitative estimate of drug-likeness (QED) is 0.354. The molecule has 1 aliphatic rings. The first-order valence-electron chi connectivity index (χ1n) is 9.46. The topological polar surface area (TPSA) is 87.2 Å². The lowest BCUT2D eigenvalue weighted by Crippen LogP contribution is -2.52. The van der Waals surface area contributed by atoms with E-state index in [0.717, 1.165) is 38.8 Å². The number of carbonyl (C=O) groups is 1. The molecule has 0 aromatic carbocycles. The first kappa shape index (κ1) is 22.5. The molecule has 1 amide bonds. The first-order valence-corrected chi connectivity index (χ1v) is 9.46. The third-order valence-electron chi connectivity index (χ3n) is 3.92. The number of alkyl carbamates (subject to hydrolysis) is 1. The Morgan fingerprint density at radius 2 is 1.69 bits per heavy atom. The Labute approximate surface area is 158 Å². The van der Waals surface area contributed by atoms with Crippen molar-refractivity contribution in [1.82, 2.24) is 20.9 Å². The Morgan fingerprint density at radius 3 is 2.27 bits per heavy atom. The number of morpholine rings is 1. The molecule has 1 fully saturated rings. The van der Waals surface area contributed by atoms with Gasteiger partial charge in [-0.25, -0.2) is 4.79 Å². The van der Waals surface area contributed by atoms with E-state index in [1.165, 1.54) is 0 Å². The van der Waals surface area contributed by atoms with Crippen LogP contribution in [-0.2, 0) is 9.47 Å². The van der Waals surface area contributed by atoms with Crippen LogP contribution in [0.25, 0.3) is 0 Å². The van der Waals surface area contributed by atoms with Crippen molar-refractivity contribution >= 4 is 12.1 Å². The molecule has 0 unspecified atom stereocenters. The van der Waals surface area contributed by atoms with Crippen molar-refractivity contribution in [3.05, 3.63) is 0 Å². The highest BCUT2D eigenvalue weighted by Crippen LogP contribution is 2.16. The summed E-state index contributed by atoms with van der Waals surface area (Å²) in [5.74, 6) is 0.750. The molecule has 1 saturated heterocycles. The fourth-order valence-corrected chi connectivity index (χ4v) is 2.54. The fraction of sp³-hybridized carbons (Fsp3) is 0.889. The van der Waals surface area contributed by atoms with Crippen molar-refractivity contribution in [2.45, 2.75) is 52.7 Å². The van der Waals surface area contributed by atoms with Crippen LogP contribution in [0.3, 0.4) is 0 Å². The maximum absolute atomic E-state index is 11.6. The van der Waals surface area contributed by atoms with Gasteiger partial charge in [-0.15, -0.1) is 0 Å². The minimum atomic E-state index is -0.487. The van der Waals surface area contributed by atoms with Crippen LogP contribution in [0.2, 0.25) is 0 Å². The Bertz CT molecular complexity index is 454. The minimum Gasteiger partial charge on any atom is -0.444 e. The van der Waals surface area contributed by atoms with Gasteiger partial charge in [0.05, 0.1) is 19.8 Å². The van der Waals surface area contributed by atoms with E-state index in [4.69, 9.17) is 14.5 Å². The van der Waals surface area contributed by atoms with Gasteiger partial charge >= 0.3 is 6.09 Å². The molecule has 0 aromatic rings. The van der Waals surface area contributed by atoms with E-state index in [9.17, 15) is 4.79 Å². The van der Waals surface area contributed by atoms with Gasteiger partial charge in [-0.1, -0.05) is 0 Å². The first-order chi connectivity index (χ1) is 12.1. The van der Waals surface area contributed by atoms with E-state index in [1.54, 1.807) is 0 Å². The van der Waals surface area contributed by atoms with Gasteiger partial charge in [-0.2, -0.15) is 0 Å². The largest absolute Gasteiger partial charge is 0.444 e. The van der Waals surface area contributed by atoms with E-state index in [-0.39, 0.29) is 5.54 Å². The highest BCUT2D eigenvalue weighted by molar-refractivity contribution is 5.79. The zero-order valence-corrected chi connectivity index (χ0v) is 17.3. The lowest BCUT2D eigenvalue weighted by molar-refractivity contribution is -0.00683. The maximum Gasteiger partial charge on any atom is 0.407 e. The van der Waals surface area contributed by atoms with Crippen molar-refractivity contribution < 1.29 is 14.3 Å². The van der Waals surface area contributed by atoms with Gasteiger partial charge in [0.25, 0.3) is 0 Å². The molecule has 0 spiro atoms. The lowest BCUT2D eigenvalue weighted by atomic mass is 10.0. The number of ether oxygens (including phenoxy) is 2. The van der Waals surface area contributed by atoms with Crippen molar-refractivity contribution in [1.29, 1.82) is 0 Å². The second-order valence-electron chi connectivity index (χ2n) is 7.96. The highest BCUT2D eigenvalue weighted by Gasteiger charge is 2.28. The van der Waals surface area contributed by atoms with Crippen LogP contribution in [0.15, 0.2) is 4.99 Å². The highest BCUT2D eigenvalue weighted by atomic mass is 16.6.